The number of aryl methyl sites for hydroxylation is 1. The predicted octanol–water partition coefficient (Wildman–Crippen LogP) is 1.97. The molecule has 15 heavy (non-hydrogen) atoms. The molecule has 0 radical (unpaired) electrons. The molecule has 1 saturated heterocycles. The first-order chi connectivity index (χ1) is 7.25. The fraction of sp³-hybridized carbons (Fsp3) is 0.417. The highest BCUT2D eigenvalue weighted by atomic mass is 16.5. The van der Waals surface area contributed by atoms with Gasteiger partial charge in [0.15, 0.2) is 0 Å². The summed E-state index contributed by atoms with van der Waals surface area (Å²) in [4.78, 5) is 11.7. The van der Waals surface area contributed by atoms with E-state index < -0.39 is 0 Å². The van der Waals surface area contributed by atoms with Crippen LogP contribution in [0.1, 0.15) is 12.0 Å². The van der Waals surface area contributed by atoms with Crippen LogP contribution in [0.3, 0.4) is 0 Å². The van der Waals surface area contributed by atoms with E-state index in [1.54, 1.807) is 0 Å². The third-order valence-electron chi connectivity index (χ3n) is 2.62. The van der Waals surface area contributed by atoms with Crippen LogP contribution in [-0.4, -0.2) is 19.1 Å². The zero-order chi connectivity index (χ0) is 10.7. The van der Waals surface area contributed by atoms with Gasteiger partial charge in [-0.3, -0.25) is 4.79 Å². The normalized spacial score (nSPS) is 20.2. The van der Waals surface area contributed by atoms with Crippen molar-refractivity contribution in [2.24, 2.45) is 5.92 Å². The quantitative estimate of drug-likeness (QED) is 0.801. The number of rotatable bonds is 2. The Hall–Kier alpha value is -1.35. The minimum Gasteiger partial charge on any atom is -0.381 e. The van der Waals surface area contributed by atoms with Gasteiger partial charge in [-0.1, -0.05) is 17.7 Å². The highest BCUT2D eigenvalue weighted by molar-refractivity contribution is 5.92. The third kappa shape index (κ3) is 2.57. The molecule has 1 amide bonds. The van der Waals surface area contributed by atoms with Crippen LogP contribution in [0.15, 0.2) is 24.3 Å². The highest BCUT2D eigenvalue weighted by Crippen LogP contribution is 2.16. The molecule has 0 aromatic heterocycles. The Morgan fingerprint density at radius 2 is 2.13 bits per heavy atom. The van der Waals surface area contributed by atoms with Gasteiger partial charge in [0.1, 0.15) is 0 Å². The van der Waals surface area contributed by atoms with Crippen molar-refractivity contribution in [2.75, 3.05) is 18.5 Å². The van der Waals surface area contributed by atoms with Gasteiger partial charge in [-0.25, -0.2) is 0 Å². The van der Waals surface area contributed by atoms with Crippen LogP contribution >= 0.6 is 0 Å². The molecule has 1 fully saturated rings. The number of hydrogen-bond donors (Lipinski definition) is 1. The summed E-state index contributed by atoms with van der Waals surface area (Å²) in [5.74, 6) is 0.0858. The zero-order valence-electron chi connectivity index (χ0n) is 8.82. The number of ether oxygens (including phenoxy) is 1. The van der Waals surface area contributed by atoms with E-state index >= 15 is 0 Å². The number of carbonyl (C=O) groups is 1. The van der Waals surface area contributed by atoms with E-state index in [1.807, 2.05) is 31.2 Å². The maximum absolute atomic E-state index is 11.7. The van der Waals surface area contributed by atoms with Gasteiger partial charge in [0, 0.05) is 12.3 Å². The van der Waals surface area contributed by atoms with Gasteiger partial charge in [0.25, 0.3) is 0 Å². The number of carbonyl (C=O) groups excluding carboxylic acids is 1. The topological polar surface area (TPSA) is 38.3 Å². The van der Waals surface area contributed by atoms with Crippen LogP contribution in [0.2, 0.25) is 0 Å². The summed E-state index contributed by atoms with van der Waals surface area (Å²) >= 11 is 0. The minimum absolute atomic E-state index is 0.0197. The monoisotopic (exact) mass is 205 g/mol. The van der Waals surface area contributed by atoms with E-state index in [0.717, 1.165) is 12.1 Å². The number of hydrogen-bond acceptors (Lipinski definition) is 2. The Morgan fingerprint density at radius 1 is 1.40 bits per heavy atom. The second-order valence-corrected chi connectivity index (χ2v) is 3.92. The molecule has 1 heterocycles. The molecule has 1 N–H and O–H groups in total. The summed E-state index contributed by atoms with van der Waals surface area (Å²) in [6, 6.07) is 7.81. The van der Waals surface area contributed by atoms with Gasteiger partial charge < -0.3 is 10.1 Å². The van der Waals surface area contributed by atoms with Gasteiger partial charge in [-0.15, -0.1) is 0 Å². The van der Waals surface area contributed by atoms with Crippen molar-refractivity contribution in [1.82, 2.24) is 0 Å². The largest absolute Gasteiger partial charge is 0.381 e. The van der Waals surface area contributed by atoms with E-state index in [4.69, 9.17) is 4.74 Å². The number of nitrogens with one attached hydrogen (secondary N) is 1. The molecule has 1 atom stereocenters. The number of amides is 1. The number of benzene rings is 1. The maximum atomic E-state index is 11.7. The first-order valence-electron chi connectivity index (χ1n) is 5.21. The lowest BCUT2D eigenvalue weighted by atomic mass is 10.1. The van der Waals surface area contributed by atoms with Crippen molar-refractivity contribution in [3.05, 3.63) is 29.8 Å². The Balaban J connectivity index is 1.96. The lowest BCUT2D eigenvalue weighted by molar-refractivity contribution is -0.119. The predicted molar refractivity (Wildman–Crippen MR) is 58.7 cm³/mol. The first-order valence-corrected chi connectivity index (χ1v) is 5.21. The average molecular weight is 205 g/mol. The standard InChI is InChI=1S/C12H15NO2/c1-9-2-4-11(5-3-9)13-12(14)10-6-7-15-8-10/h2-5,10H,6-8H2,1H3,(H,13,14). The van der Waals surface area contributed by atoms with Gasteiger partial charge in [-0.2, -0.15) is 0 Å². The Labute approximate surface area is 89.4 Å². The molecular weight excluding hydrogens is 190 g/mol. The van der Waals surface area contributed by atoms with Crippen LogP contribution < -0.4 is 5.32 Å². The zero-order valence-corrected chi connectivity index (χ0v) is 8.82. The minimum atomic E-state index is 0.0197. The van der Waals surface area contributed by atoms with Crippen LogP contribution in [-0.2, 0) is 9.53 Å². The average Bonchev–Trinajstić information content (AvgIpc) is 2.74. The third-order valence-corrected chi connectivity index (χ3v) is 2.62. The van der Waals surface area contributed by atoms with E-state index in [0.29, 0.717) is 13.2 Å². The summed E-state index contributed by atoms with van der Waals surface area (Å²) in [5.41, 5.74) is 2.05. The molecule has 1 unspecified atom stereocenters. The summed E-state index contributed by atoms with van der Waals surface area (Å²) in [7, 11) is 0. The van der Waals surface area contributed by atoms with E-state index in [1.165, 1.54) is 5.56 Å². The van der Waals surface area contributed by atoms with Gasteiger partial charge in [0.2, 0.25) is 5.91 Å². The van der Waals surface area contributed by atoms with Crippen molar-refractivity contribution in [3.63, 3.8) is 0 Å². The molecule has 80 valence electrons. The second kappa shape index (κ2) is 4.45. The molecule has 1 aliphatic rings. The Bertz CT molecular complexity index is 339. The molecule has 0 saturated carbocycles. The van der Waals surface area contributed by atoms with E-state index in [2.05, 4.69) is 5.32 Å². The molecule has 1 aromatic rings. The highest BCUT2D eigenvalue weighted by Gasteiger charge is 2.23. The van der Waals surface area contributed by atoms with Gasteiger partial charge >= 0.3 is 0 Å². The lowest BCUT2D eigenvalue weighted by Crippen LogP contribution is -2.22. The second-order valence-electron chi connectivity index (χ2n) is 3.92. The van der Waals surface area contributed by atoms with Crippen molar-refractivity contribution < 1.29 is 9.53 Å². The Kier molecular flexibility index (Phi) is 3.02. The first kappa shape index (κ1) is 10.2. The van der Waals surface area contributed by atoms with Crippen molar-refractivity contribution in [1.29, 1.82) is 0 Å². The molecule has 3 nitrogen and oxygen atoms in total. The van der Waals surface area contributed by atoms with Crippen LogP contribution in [0, 0.1) is 12.8 Å². The number of anilines is 1. The van der Waals surface area contributed by atoms with E-state index in [-0.39, 0.29) is 11.8 Å². The van der Waals surface area contributed by atoms with Crippen molar-refractivity contribution >= 4 is 11.6 Å². The van der Waals surface area contributed by atoms with Crippen LogP contribution in [0.5, 0.6) is 0 Å². The van der Waals surface area contributed by atoms with E-state index in [9.17, 15) is 4.79 Å². The lowest BCUT2D eigenvalue weighted by Gasteiger charge is -2.09. The summed E-state index contributed by atoms with van der Waals surface area (Å²) < 4.78 is 5.17. The molecule has 3 heteroatoms. The van der Waals surface area contributed by atoms with Crippen LogP contribution in [0.4, 0.5) is 5.69 Å². The smallest absolute Gasteiger partial charge is 0.229 e. The fourth-order valence-electron chi connectivity index (χ4n) is 1.62. The van der Waals surface area contributed by atoms with Crippen LogP contribution in [0.25, 0.3) is 0 Å². The fourth-order valence-corrected chi connectivity index (χ4v) is 1.62. The van der Waals surface area contributed by atoms with Crippen molar-refractivity contribution in [3.8, 4) is 0 Å². The molecule has 2 rings (SSSR count). The summed E-state index contributed by atoms with van der Waals surface area (Å²) in [6.07, 6.45) is 0.831. The van der Waals surface area contributed by atoms with Gasteiger partial charge in [0.05, 0.1) is 12.5 Å². The molecule has 1 aliphatic heterocycles. The molecule has 0 spiro atoms. The van der Waals surface area contributed by atoms with Gasteiger partial charge in [-0.05, 0) is 25.5 Å². The van der Waals surface area contributed by atoms with Crippen molar-refractivity contribution in [2.45, 2.75) is 13.3 Å². The summed E-state index contributed by atoms with van der Waals surface area (Å²) in [5, 5.41) is 2.89. The maximum Gasteiger partial charge on any atom is 0.229 e. The molecule has 0 aliphatic carbocycles. The molecule has 0 bridgehead atoms. The molecular formula is C12H15NO2. The molecule has 1 aromatic carbocycles. The SMILES string of the molecule is Cc1ccc(NC(=O)C2CCOC2)cc1. The summed E-state index contributed by atoms with van der Waals surface area (Å²) in [6.45, 7) is 3.28. The Morgan fingerprint density at radius 3 is 2.73 bits per heavy atom.